The number of alkyl halides is 2. The van der Waals surface area contributed by atoms with Gasteiger partial charge in [0.1, 0.15) is 11.6 Å². The zero-order valence-electron chi connectivity index (χ0n) is 21.6. The van der Waals surface area contributed by atoms with Crippen LogP contribution in [0.4, 0.5) is 18.9 Å². The largest absolute Gasteiger partial charge is 0.490 e. The van der Waals surface area contributed by atoms with Gasteiger partial charge < -0.3 is 19.8 Å². The predicted molar refractivity (Wildman–Crippen MR) is 135 cm³/mol. The lowest BCUT2D eigenvalue weighted by molar-refractivity contribution is -0.122. The second-order valence-electron chi connectivity index (χ2n) is 11.1. The number of nitrogens with zero attached hydrogens (tertiary/aromatic N) is 3. The van der Waals surface area contributed by atoms with Gasteiger partial charge in [-0.25, -0.2) is 13.2 Å². The van der Waals surface area contributed by atoms with Crippen LogP contribution in [-0.4, -0.2) is 28.3 Å². The van der Waals surface area contributed by atoms with E-state index < -0.39 is 41.1 Å². The molecule has 3 aromatic rings. The third kappa shape index (κ3) is 5.14. The van der Waals surface area contributed by atoms with Crippen LogP contribution in [0.3, 0.4) is 0 Å². The molecule has 0 bridgehead atoms. The number of carbonyl (C=O) groups is 1. The molecule has 0 spiro atoms. The zero-order valence-corrected chi connectivity index (χ0v) is 21.6. The van der Waals surface area contributed by atoms with Crippen LogP contribution >= 0.6 is 0 Å². The van der Waals surface area contributed by atoms with Crippen LogP contribution in [0, 0.1) is 5.82 Å². The summed E-state index contributed by atoms with van der Waals surface area (Å²) in [6.07, 6.45) is 3.59. The molecule has 1 aliphatic carbocycles. The highest BCUT2D eigenvalue weighted by Gasteiger charge is 2.45. The molecule has 2 heterocycles. The Morgan fingerprint density at radius 2 is 1.82 bits per heavy atom. The number of amides is 1. The molecule has 10 heteroatoms. The van der Waals surface area contributed by atoms with E-state index in [0.29, 0.717) is 11.3 Å². The molecule has 2 N–H and O–H groups in total. The number of fused-ring (bicyclic) bond motifs is 1. The molecule has 0 radical (unpaired) electrons. The van der Waals surface area contributed by atoms with E-state index in [2.05, 4.69) is 10.2 Å². The van der Waals surface area contributed by atoms with Gasteiger partial charge in [-0.05, 0) is 55.5 Å². The molecule has 1 aromatic heterocycles. The third-order valence-electron chi connectivity index (χ3n) is 7.00. The topological polar surface area (TPSA) is 94.5 Å². The van der Waals surface area contributed by atoms with E-state index in [1.165, 1.54) is 11.0 Å². The van der Waals surface area contributed by atoms with Gasteiger partial charge in [-0.2, -0.15) is 0 Å². The van der Waals surface area contributed by atoms with Crippen molar-refractivity contribution in [3.8, 4) is 17.2 Å². The number of benzene rings is 2. The Hall–Kier alpha value is -3.40. The standard InChI is InChI=1S/C28H31F3N4O3/c1-27(2,3)26-34-33-24(38-26)19-12-23-20(13-21(19)29)28(30,31)14-22(32)25(36)35(23)15-16-8-10-18(11-9-16)37-17-6-4-5-7-17/h8-13,17,22H,4-7,14-15,32H2,1-3H3. The Kier molecular flexibility index (Phi) is 6.71. The molecule has 1 saturated carbocycles. The fourth-order valence-corrected chi connectivity index (χ4v) is 4.89. The molecule has 38 heavy (non-hydrogen) atoms. The molecule has 202 valence electrons. The molecule has 1 fully saturated rings. The predicted octanol–water partition coefficient (Wildman–Crippen LogP) is 5.85. The quantitative estimate of drug-likeness (QED) is 0.446. The van der Waals surface area contributed by atoms with Gasteiger partial charge in [-0.3, -0.25) is 4.79 Å². The average molecular weight is 529 g/mol. The van der Waals surface area contributed by atoms with E-state index in [9.17, 15) is 4.79 Å². The number of nitrogens with two attached hydrogens (primary N) is 1. The molecule has 2 aromatic carbocycles. The Balaban J connectivity index is 1.52. The fraction of sp³-hybridized carbons (Fsp3) is 0.464. The summed E-state index contributed by atoms with van der Waals surface area (Å²) in [4.78, 5) is 14.4. The van der Waals surface area contributed by atoms with E-state index >= 15 is 13.2 Å². The summed E-state index contributed by atoms with van der Waals surface area (Å²) in [6, 6.07) is 7.61. The summed E-state index contributed by atoms with van der Waals surface area (Å²) < 4.78 is 57.3. The third-order valence-corrected chi connectivity index (χ3v) is 7.00. The summed E-state index contributed by atoms with van der Waals surface area (Å²) >= 11 is 0. The van der Waals surface area contributed by atoms with E-state index in [1.807, 2.05) is 20.8 Å². The van der Waals surface area contributed by atoms with Crippen LogP contribution in [0.25, 0.3) is 11.5 Å². The van der Waals surface area contributed by atoms with E-state index in [0.717, 1.165) is 31.7 Å². The summed E-state index contributed by atoms with van der Waals surface area (Å²) in [6.45, 7) is 5.51. The Bertz CT molecular complexity index is 1330. The first-order valence-electron chi connectivity index (χ1n) is 12.8. The summed E-state index contributed by atoms with van der Waals surface area (Å²) in [7, 11) is 0. The summed E-state index contributed by atoms with van der Waals surface area (Å²) in [5.74, 6) is -4.35. The minimum Gasteiger partial charge on any atom is -0.490 e. The lowest BCUT2D eigenvalue weighted by Gasteiger charge is -2.25. The van der Waals surface area contributed by atoms with Crippen LogP contribution in [0.2, 0.25) is 0 Å². The minimum absolute atomic E-state index is 0.0402. The Morgan fingerprint density at radius 1 is 1.13 bits per heavy atom. The molecule has 7 nitrogen and oxygen atoms in total. The van der Waals surface area contributed by atoms with E-state index in [1.54, 1.807) is 24.3 Å². The van der Waals surface area contributed by atoms with Crippen LogP contribution in [0.5, 0.6) is 5.75 Å². The second kappa shape index (κ2) is 9.72. The van der Waals surface area contributed by atoms with Crippen LogP contribution in [0.15, 0.2) is 40.8 Å². The van der Waals surface area contributed by atoms with Gasteiger partial charge in [0.25, 0.3) is 11.8 Å². The van der Waals surface area contributed by atoms with Gasteiger partial charge in [0.2, 0.25) is 11.8 Å². The number of aromatic nitrogens is 2. The molecule has 1 aliphatic heterocycles. The fourth-order valence-electron chi connectivity index (χ4n) is 4.89. The second-order valence-corrected chi connectivity index (χ2v) is 11.1. The molecule has 1 atom stereocenters. The smallest absolute Gasteiger partial charge is 0.277 e. The number of anilines is 1. The van der Waals surface area contributed by atoms with Crippen LogP contribution < -0.4 is 15.4 Å². The number of ether oxygens (including phenoxy) is 1. The monoisotopic (exact) mass is 528 g/mol. The van der Waals surface area contributed by atoms with Crippen molar-refractivity contribution in [1.82, 2.24) is 10.2 Å². The SMILES string of the molecule is CC(C)(C)c1nnc(-c2cc3c(cc2F)C(F)(F)CC(N)C(=O)N3Cc2ccc(OC3CCCC3)cc2)o1. The summed E-state index contributed by atoms with van der Waals surface area (Å²) in [5.41, 5.74) is 5.16. The van der Waals surface area contributed by atoms with Gasteiger partial charge in [-0.15, -0.1) is 10.2 Å². The zero-order chi connectivity index (χ0) is 27.2. The Morgan fingerprint density at radius 3 is 2.45 bits per heavy atom. The number of hydrogen-bond donors (Lipinski definition) is 1. The first-order chi connectivity index (χ1) is 17.9. The highest BCUT2D eigenvalue weighted by Crippen LogP contribution is 2.45. The number of rotatable bonds is 5. The van der Waals surface area contributed by atoms with Crippen molar-refractivity contribution >= 4 is 11.6 Å². The lowest BCUT2D eigenvalue weighted by Crippen LogP contribution is -2.43. The molecule has 1 amide bonds. The first-order valence-corrected chi connectivity index (χ1v) is 12.8. The van der Waals surface area contributed by atoms with Crippen molar-refractivity contribution in [3.05, 3.63) is 59.2 Å². The maximum Gasteiger partial charge on any atom is 0.277 e. The molecule has 1 unspecified atom stereocenters. The maximum absolute atomic E-state index is 15.2. The highest BCUT2D eigenvalue weighted by atomic mass is 19.3. The van der Waals surface area contributed by atoms with E-state index in [-0.39, 0.29) is 35.7 Å². The van der Waals surface area contributed by atoms with Gasteiger partial charge in [0, 0.05) is 17.4 Å². The van der Waals surface area contributed by atoms with Crippen LogP contribution in [0.1, 0.15) is 69.9 Å². The van der Waals surface area contributed by atoms with Gasteiger partial charge in [0.05, 0.1) is 29.9 Å². The molecular formula is C28H31F3N4O3. The van der Waals surface area contributed by atoms with Crippen molar-refractivity contribution in [3.63, 3.8) is 0 Å². The molecule has 0 saturated heterocycles. The number of carbonyl (C=O) groups excluding carboxylic acids is 1. The number of hydrogen-bond acceptors (Lipinski definition) is 6. The Labute approximate surface area is 219 Å². The van der Waals surface area contributed by atoms with Crippen molar-refractivity contribution in [2.45, 2.75) is 82.9 Å². The maximum atomic E-state index is 15.2. The lowest BCUT2D eigenvalue weighted by atomic mass is 9.97. The molecular weight excluding hydrogens is 497 g/mol. The normalized spacial score (nSPS) is 19.9. The van der Waals surface area contributed by atoms with Crippen molar-refractivity contribution in [1.29, 1.82) is 0 Å². The van der Waals surface area contributed by atoms with Gasteiger partial charge in [-0.1, -0.05) is 32.9 Å². The minimum atomic E-state index is -3.52. The van der Waals surface area contributed by atoms with Gasteiger partial charge in [0.15, 0.2) is 0 Å². The van der Waals surface area contributed by atoms with Crippen molar-refractivity contribution < 1.29 is 27.1 Å². The highest BCUT2D eigenvalue weighted by molar-refractivity contribution is 5.99. The average Bonchev–Trinajstić information content (AvgIpc) is 3.54. The number of halogens is 3. The van der Waals surface area contributed by atoms with Gasteiger partial charge >= 0.3 is 0 Å². The van der Waals surface area contributed by atoms with Crippen molar-refractivity contribution in [2.75, 3.05) is 4.90 Å². The summed E-state index contributed by atoms with van der Waals surface area (Å²) in [5, 5.41) is 7.91. The first kappa shape index (κ1) is 26.2. The molecule has 5 rings (SSSR count). The molecule has 2 aliphatic rings. The van der Waals surface area contributed by atoms with E-state index in [4.69, 9.17) is 14.9 Å². The van der Waals surface area contributed by atoms with Crippen molar-refractivity contribution in [2.24, 2.45) is 5.73 Å². The van der Waals surface area contributed by atoms with Crippen LogP contribution in [-0.2, 0) is 22.7 Å².